The van der Waals surface area contributed by atoms with Gasteiger partial charge in [0, 0.05) is 0 Å². The normalized spacial score (nSPS) is 11.0. The summed E-state index contributed by atoms with van der Waals surface area (Å²) in [6.07, 6.45) is -0.152. The van der Waals surface area contributed by atoms with Crippen molar-refractivity contribution in [3.05, 3.63) is 12.0 Å². The Bertz CT molecular complexity index is 127. The zero-order valence-corrected chi connectivity index (χ0v) is 4.44. The van der Waals surface area contributed by atoms with E-state index in [1.807, 2.05) is 0 Å². The molecule has 0 aromatic heterocycles. The van der Waals surface area contributed by atoms with Crippen LogP contribution in [0.5, 0.6) is 0 Å². The summed E-state index contributed by atoms with van der Waals surface area (Å²) in [5.41, 5.74) is 0. The minimum absolute atomic E-state index is 0.383. The molecule has 0 bridgehead atoms. The summed E-state index contributed by atoms with van der Waals surface area (Å²) in [6.45, 7) is 0. The van der Waals surface area contributed by atoms with Gasteiger partial charge in [-0.25, -0.2) is 5.26 Å². The summed E-state index contributed by atoms with van der Waals surface area (Å²) >= 11 is 0. The van der Waals surface area contributed by atoms with E-state index < -0.39 is 18.1 Å². The number of rotatable bonds is 3. The molecule has 3 N–H and O–H groups in total. The van der Waals surface area contributed by atoms with Gasteiger partial charge in [0.25, 0.3) is 0 Å². The quantitative estimate of drug-likeness (QED) is 0.294. The van der Waals surface area contributed by atoms with Crippen molar-refractivity contribution < 1.29 is 25.2 Å². The summed E-state index contributed by atoms with van der Waals surface area (Å²) in [7, 11) is 0. The highest BCUT2D eigenvalue weighted by atomic mass is 17.1. The van der Waals surface area contributed by atoms with Crippen LogP contribution in [0.3, 0.4) is 0 Å². The second-order valence-electron chi connectivity index (χ2n) is 1.26. The fourth-order valence-corrected chi connectivity index (χ4v) is 0.251. The Morgan fingerprint density at radius 3 is 2.33 bits per heavy atom. The number of carboxylic acid groups (broad SMARTS) is 1. The minimum atomic E-state index is -1.19. The maximum Gasteiger partial charge on any atom is 0.311 e. The van der Waals surface area contributed by atoms with E-state index in [2.05, 4.69) is 4.89 Å². The first kappa shape index (κ1) is 7.77. The number of carboxylic acids is 1. The number of hydrogen-bond donors (Lipinski definition) is 3. The van der Waals surface area contributed by atoms with Gasteiger partial charge in [-0.1, -0.05) is 0 Å². The molecule has 0 atom stereocenters. The lowest BCUT2D eigenvalue weighted by Crippen LogP contribution is -1.98. The van der Waals surface area contributed by atoms with Crippen molar-refractivity contribution in [3.63, 3.8) is 0 Å². The third-order valence-corrected chi connectivity index (χ3v) is 0.587. The summed E-state index contributed by atoms with van der Waals surface area (Å²) in [5, 5.41) is 23.9. The van der Waals surface area contributed by atoms with Gasteiger partial charge in [-0.15, -0.1) is 0 Å². The van der Waals surface area contributed by atoms with Gasteiger partial charge >= 0.3 is 5.97 Å². The molecule has 0 saturated heterocycles. The van der Waals surface area contributed by atoms with Crippen molar-refractivity contribution in [2.24, 2.45) is 0 Å². The SMILES string of the molecule is O=C(O)CC(=CO)OO. The molecule has 5 nitrogen and oxygen atoms in total. The number of carbonyl (C=O) groups is 1. The lowest BCUT2D eigenvalue weighted by Gasteiger charge is -1.94. The lowest BCUT2D eigenvalue weighted by atomic mass is 10.4. The molecule has 0 radical (unpaired) electrons. The molecule has 0 aliphatic rings. The standard InChI is InChI=1S/C4H6O5/c5-2-3(9-8)1-4(6)7/h2,5,8H,1H2,(H,6,7). The molecule has 0 aliphatic heterocycles. The molecule has 0 heterocycles. The van der Waals surface area contributed by atoms with Crippen molar-refractivity contribution in [1.82, 2.24) is 0 Å². The molecule has 0 aliphatic carbocycles. The van der Waals surface area contributed by atoms with Crippen LogP contribution in [0.1, 0.15) is 6.42 Å². The molecular weight excluding hydrogens is 128 g/mol. The van der Waals surface area contributed by atoms with Gasteiger partial charge in [0.1, 0.15) is 12.7 Å². The molecule has 0 unspecified atom stereocenters. The summed E-state index contributed by atoms with van der Waals surface area (Å²) in [6, 6.07) is 0. The zero-order valence-electron chi connectivity index (χ0n) is 4.44. The van der Waals surface area contributed by atoms with Gasteiger partial charge < -0.3 is 15.1 Å². The van der Waals surface area contributed by atoms with Crippen molar-refractivity contribution in [2.45, 2.75) is 6.42 Å². The second-order valence-corrected chi connectivity index (χ2v) is 1.26. The smallest absolute Gasteiger partial charge is 0.311 e. The predicted octanol–water partition coefficient (Wildman–Crippen LogP) is 0.350. The van der Waals surface area contributed by atoms with Gasteiger partial charge in [-0.05, 0) is 0 Å². The first-order chi connectivity index (χ1) is 4.20. The fraction of sp³-hybridized carbons (Fsp3) is 0.250. The molecular formula is C4H6O5. The van der Waals surface area contributed by atoms with Crippen LogP contribution in [0.25, 0.3) is 0 Å². The van der Waals surface area contributed by atoms with E-state index in [0.29, 0.717) is 6.26 Å². The Morgan fingerprint density at radius 2 is 2.22 bits per heavy atom. The van der Waals surface area contributed by atoms with E-state index >= 15 is 0 Å². The van der Waals surface area contributed by atoms with Crippen LogP contribution >= 0.6 is 0 Å². The maximum absolute atomic E-state index is 9.78. The zero-order chi connectivity index (χ0) is 7.28. The molecule has 9 heavy (non-hydrogen) atoms. The van der Waals surface area contributed by atoms with E-state index in [0.717, 1.165) is 0 Å². The summed E-state index contributed by atoms with van der Waals surface area (Å²) < 4.78 is 0. The molecule has 0 aromatic rings. The fourth-order valence-electron chi connectivity index (χ4n) is 0.251. The third-order valence-electron chi connectivity index (χ3n) is 0.587. The van der Waals surface area contributed by atoms with Crippen LogP contribution in [0.2, 0.25) is 0 Å². The van der Waals surface area contributed by atoms with Gasteiger partial charge in [0.05, 0.1) is 0 Å². The van der Waals surface area contributed by atoms with E-state index in [1.165, 1.54) is 0 Å². The molecule has 0 aromatic carbocycles. The van der Waals surface area contributed by atoms with Crippen LogP contribution in [-0.4, -0.2) is 21.4 Å². The number of aliphatic carboxylic acids is 1. The van der Waals surface area contributed by atoms with E-state index in [-0.39, 0.29) is 0 Å². The molecule has 0 spiro atoms. The van der Waals surface area contributed by atoms with E-state index in [4.69, 9.17) is 15.5 Å². The molecule has 0 rings (SSSR count). The Labute approximate surface area is 50.7 Å². The van der Waals surface area contributed by atoms with E-state index in [9.17, 15) is 4.79 Å². The summed E-state index contributed by atoms with van der Waals surface area (Å²) in [5.74, 6) is -1.59. The highest BCUT2D eigenvalue weighted by Gasteiger charge is 2.03. The van der Waals surface area contributed by atoms with Crippen molar-refractivity contribution in [1.29, 1.82) is 0 Å². The largest absolute Gasteiger partial charge is 0.512 e. The van der Waals surface area contributed by atoms with Crippen LogP contribution in [0.15, 0.2) is 12.0 Å². The average Bonchev–Trinajstić information content (AvgIpc) is 1.82. The Kier molecular flexibility index (Phi) is 3.22. The molecule has 0 fully saturated rings. The highest BCUT2D eigenvalue weighted by molar-refractivity contribution is 5.69. The molecule has 0 saturated carbocycles. The summed E-state index contributed by atoms with van der Waals surface area (Å²) in [4.78, 5) is 13.2. The Morgan fingerprint density at radius 1 is 1.67 bits per heavy atom. The predicted molar refractivity (Wildman–Crippen MR) is 26.7 cm³/mol. The van der Waals surface area contributed by atoms with Crippen LogP contribution in [-0.2, 0) is 9.68 Å². The molecule has 0 amide bonds. The van der Waals surface area contributed by atoms with Crippen LogP contribution in [0, 0.1) is 0 Å². The Hall–Kier alpha value is -1.23. The first-order valence-electron chi connectivity index (χ1n) is 2.07. The maximum atomic E-state index is 9.78. The number of hydrogen-bond acceptors (Lipinski definition) is 4. The van der Waals surface area contributed by atoms with Gasteiger partial charge in [-0.3, -0.25) is 4.79 Å². The van der Waals surface area contributed by atoms with E-state index in [1.54, 1.807) is 0 Å². The monoisotopic (exact) mass is 134 g/mol. The first-order valence-corrected chi connectivity index (χ1v) is 2.07. The number of aliphatic hydroxyl groups is 1. The average molecular weight is 134 g/mol. The second kappa shape index (κ2) is 3.73. The van der Waals surface area contributed by atoms with Gasteiger partial charge in [-0.2, -0.15) is 0 Å². The third kappa shape index (κ3) is 3.36. The highest BCUT2D eigenvalue weighted by Crippen LogP contribution is 1.98. The van der Waals surface area contributed by atoms with Crippen LogP contribution in [0.4, 0.5) is 0 Å². The molecule has 52 valence electrons. The van der Waals surface area contributed by atoms with Gasteiger partial charge in [0.2, 0.25) is 0 Å². The van der Waals surface area contributed by atoms with Crippen molar-refractivity contribution >= 4 is 5.97 Å². The van der Waals surface area contributed by atoms with Crippen molar-refractivity contribution in [3.8, 4) is 0 Å². The van der Waals surface area contributed by atoms with Crippen molar-refractivity contribution in [2.75, 3.05) is 0 Å². The van der Waals surface area contributed by atoms with Crippen LogP contribution < -0.4 is 0 Å². The van der Waals surface area contributed by atoms with Gasteiger partial charge in [0.15, 0.2) is 5.76 Å². The number of aliphatic hydroxyl groups excluding tert-OH is 1. The Balaban J connectivity index is 3.71. The topological polar surface area (TPSA) is 87.0 Å². The molecule has 5 heteroatoms. The lowest BCUT2D eigenvalue weighted by molar-refractivity contribution is -0.208. The minimum Gasteiger partial charge on any atom is -0.512 e.